The quantitative estimate of drug-likeness (QED) is 0.409. The van der Waals surface area contributed by atoms with Crippen molar-refractivity contribution in [2.24, 2.45) is 11.8 Å². The summed E-state index contributed by atoms with van der Waals surface area (Å²) < 4.78 is 10.7. The minimum Gasteiger partial charge on any atom is -0.457 e. The molecule has 6 nitrogen and oxygen atoms in total. The Morgan fingerprint density at radius 2 is 1.06 bits per heavy atom. The number of ketones is 2. The highest BCUT2D eigenvalue weighted by atomic mass is 16.5. The molecular formula is C28H32O6. The molecule has 0 bridgehead atoms. The second kappa shape index (κ2) is 11.2. The minimum atomic E-state index is -0.677. The van der Waals surface area contributed by atoms with Gasteiger partial charge in [-0.25, -0.2) is 0 Å². The maximum absolute atomic E-state index is 12.8. The van der Waals surface area contributed by atoms with E-state index in [4.69, 9.17) is 9.47 Å². The van der Waals surface area contributed by atoms with Crippen molar-refractivity contribution < 1.29 is 28.7 Å². The first-order valence-corrected chi connectivity index (χ1v) is 11.7. The molecule has 34 heavy (non-hydrogen) atoms. The molecule has 0 amide bonds. The molecule has 2 aromatic carbocycles. The average Bonchev–Trinajstić information content (AvgIpc) is 2.83. The van der Waals surface area contributed by atoms with Crippen LogP contribution in [0.2, 0.25) is 0 Å². The molecule has 1 saturated carbocycles. The van der Waals surface area contributed by atoms with E-state index in [9.17, 15) is 19.2 Å². The molecule has 2 unspecified atom stereocenters. The summed E-state index contributed by atoms with van der Waals surface area (Å²) in [6.07, 6.45) is 2.55. The molecule has 180 valence electrons. The zero-order chi connectivity index (χ0) is 24.8. The van der Waals surface area contributed by atoms with E-state index < -0.39 is 23.8 Å². The molecule has 0 saturated heterocycles. The predicted octanol–water partition coefficient (Wildman–Crippen LogP) is 4.88. The summed E-state index contributed by atoms with van der Waals surface area (Å²) in [5.41, 5.74) is 4.59. The largest absolute Gasteiger partial charge is 0.457 e. The number of aryl methyl sites for hydroxylation is 4. The molecule has 1 aliphatic rings. The molecule has 0 aromatic heterocycles. The van der Waals surface area contributed by atoms with E-state index in [1.54, 1.807) is 12.1 Å². The van der Waals surface area contributed by atoms with Gasteiger partial charge in [-0.1, -0.05) is 48.2 Å². The van der Waals surface area contributed by atoms with Gasteiger partial charge in [0.15, 0.2) is 13.2 Å². The number of benzene rings is 2. The summed E-state index contributed by atoms with van der Waals surface area (Å²) in [5.74, 6) is -3.04. The summed E-state index contributed by atoms with van der Waals surface area (Å²) in [5, 5.41) is 0. The Labute approximate surface area is 200 Å². The SMILES string of the molecule is Cc1ccc(C)c(C(=O)COC(=O)C2CCCCC2C(=O)OCC(=O)c2cc(C)ccc2C)c1. The summed E-state index contributed by atoms with van der Waals surface area (Å²) in [4.78, 5) is 50.7. The van der Waals surface area contributed by atoms with Crippen molar-refractivity contribution in [3.05, 3.63) is 69.8 Å². The van der Waals surface area contributed by atoms with Crippen LogP contribution in [0, 0.1) is 39.5 Å². The molecule has 1 fully saturated rings. The van der Waals surface area contributed by atoms with Gasteiger partial charge in [0.2, 0.25) is 11.6 Å². The number of hydrogen-bond acceptors (Lipinski definition) is 6. The molecule has 0 N–H and O–H groups in total. The Balaban J connectivity index is 1.59. The Kier molecular flexibility index (Phi) is 8.37. The fourth-order valence-corrected chi connectivity index (χ4v) is 4.41. The van der Waals surface area contributed by atoms with E-state index in [-0.39, 0.29) is 24.8 Å². The lowest BCUT2D eigenvalue weighted by molar-refractivity contribution is -0.161. The van der Waals surface area contributed by atoms with Gasteiger partial charge in [-0.15, -0.1) is 0 Å². The third-order valence-corrected chi connectivity index (χ3v) is 6.45. The maximum Gasteiger partial charge on any atom is 0.310 e. The first-order valence-electron chi connectivity index (χ1n) is 11.7. The molecule has 6 heteroatoms. The van der Waals surface area contributed by atoms with Crippen LogP contribution in [-0.4, -0.2) is 36.7 Å². The van der Waals surface area contributed by atoms with Gasteiger partial charge in [0.25, 0.3) is 0 Å². The summed E-state index contributed by atoms with van der Waals surface area (Å²) in [6.45, 7) is 6.72. The third-order valence-electron chi connectivity index (χ3n) is 6.45. The van der Waals surface area contributed by atoms with Crippen molar-refractivity contribution in [3.63, 3.8) is 0 Å². The maximum atomic E-state index is 12.8. The lowest BCUT2D eigenvalue weighted by Gasteiger charge is -2.28. The molecular weight excluding hydrogens is 432 g/mol. The van der Waals surface area contributed by atoms with Crippen molar-refractivity contribution in [2.75, 3.05) is 13.2 Å². The molecule has 3 rings (SSSR count). The van der Waals surface area contributed by atoms with E-state index in [0.717, 1.165) is 35.1 Å². The van der Waals surface area contributed by atoms with Crippen molar-refractivity contribution in [1.29, 1.82) is 0 Å². The van der Waals surface area contributed by atoms with E-state index in [1.165, 1.54) is 0 Å². The predicted molar refractivity (Wildman–Crippen MR) is 128 cm³/mol. The Hall–Kier alpha value is -3.28. The first kappa shape index (κ1) is 25.3. The Morgan fingerprint density at radius 3 is 1.44 bits per heavy atom. The van der Waals surface area contributed by atoms with Crippen molar-refractivity contribution in [2.45, 2.75) is 53.4 Å². The highest BCUT2D eigenvalue weighted by molar-refractivity contribution is 6.00. The van der Waals surface area contributed by atoms with Crippen molar-refractivity contribution >= 4 is 23.5 Å². The molecule has 0 heterocycles. The number of rotatable bonds is 8. The highest BCUT2D eigenvalue weighted by Gasteiger charge is 2.38. The molecule has 2 aromatic rings. The molecule has 0 spiro atoms. The van der Waals surface area contributed by atoms with Gasteiger partial charge in [-0.3, -0.25) is 19.2 Å². The monoisotopic (exact) mass is 464 g/mol. The van der Waals surface area contributed by atoms with Gasteiger partial charge in [0, 0.05) is 11.1 Å². The Morgan fingerprint density at radius 1 is 0.676 bits per heavy atom. The van der Waals surface area contributed by atoms with Gasteiger partial charge >= 0.3 is 11.9 Å². The van der Waals surface area contributed by atoms with Gasteiger partial charge in [0.1, 0.15) is 0 Å². The lowest BCUT2D eigenvalue weighted by Crippen LogP contribution is -2.36. The van der Waals surface area contributed by atoms with Crippen molar-refractivity contribution in [1.82, 2.24) is 0 Å². The topological polar surface area (TPSA) is 86.7 Å². The van der Waals surface area contributed by atoms with Crippen LogP contribution < -0.4 is 0 Å². The van der Waals surface area contributed by atoms with E-state index in [2.05, 4.69) is 0 Å². The van der Waals surface area contributed by atoms with Gasteiger partial charge < -0.3 is 9.47 Å². The summed E-state index contributed by atoms with van der Waals surface area (Å²) in [6, 6.07) is 11.1. The van der Waals surface area contributed by atoms with E-state index >= 15 is 0 Å². The van der Waals surface area contributed by atoms with Crippen LogP contribution in [0.4, 0.5) is 0 Å². The van der Waals surface area contributed by atoms with Gasteiger partial charge in [0.05, 0.1) is 11.8 Å². The van der Waals surface area contributed by atoms with Crippen LogP contribution >= 0.6 is 0 Å². The zero-order valence-corrected chi connectivity index (χ0v) is 20.3. The van der Waals surface area contributed by atoms with E-state index in [0.29, 0.717) is 24.0 Å². The third kappa shape index (κ3) is 6.19. The van der Waals surface area contributed by atoms with Gasteiger partial charge in [-0.2, -0.15) is 0 Å². The standard InChI is InChI=1S/C28H32O6/c1-17-9-11-19(3)23(13-17)25(29)15-33-27(31)21-7-5-6-8-22(21)28(32)34-16-26(30)24-14-18(2)10-12-20(24)4/h9-14,21-22H,5-8,15-16H2,1-4H3. The van der Waals surface area contributed by atoms with Crippen LogP contribution in [0.15, 0.2) is 36.4 Å². The average molecular weight is 465 g/mol. The van der Waals surface area contributed by atoms with Crippen LogP contribution in [-0.2, 0) is 19.1 Å². The smallest absolute Gasteiger partial charge is 0.310 e. The number of ether oxygens (including phenoxy) is 2. The normalized spacial score (nSPS) is 17.6. The Bertz CT molecular complexity index is 1010. The molecule has 0 radical (unpaired) electrons. The van der Waals surface area contributed by atoms with E-state index in [1.807, 2.05) is 52.0 Å². The second-order valence-corrected chi connectivity index (χ2v) is 9.20. The lowest BCUT2D eigenvalue weighted by atomic mass is 9.79. The first-order chi connectivity index (χ1) is 16.2. The van der Waals surface area contributed by atoms with Crippen LogP contribution in [0.25, 0.3) is 0 Å². The summed E-state index contributed by atoms with van der Waals surface area (Å²) >= 11 is 0. The zero-order valence-electron chi connectivity index (χ0n) is 20.3. The number of hydrogen-bond donors (Lipinski definition) is 0. The molecule has 2 atom stereocenters. The fraction of sp³-hybridized carbons (Fsp3) is 0.429. The minimum absolute atomic E-state index is 0.274. The van der Waals surface area contributed by atoms with Crippen LogP contribution in [0.1, 0.15) is 68.7 Å². The van der Waals surface area contributed by atoms with Crippen molar-refractivity contribution in [3.8, 4) is 0 Å². The van der Waals surface area contributed by atoms with Crippen LogP contribution in [0.5, 0.6) is 0 Å². The van der Waals surface area contributed by atoms with Crippen LogP contribution in [0.3, 0.4) is 0 Å². The summed E-state index contributed by atoms with van der Waals surface area (Å²) in [7, 11) is 0. The second-order valence-electron chi connectivity index (χ2n) is 9.20. The van der Waals surface area contributed by atoms with Gasteiger partial charge in [-0.05, 0) is 63.8 Å². The fourth-order valence-electron chi connectivity index (χ4n) is 4.41. The number of carbonyl (C=O) groups excluding carboxylic acids is 4. The number of esters is 2. The number of Topliss-reactive ketones (excluding diaryl/α,β-unsaturated/α-hetero) is 2. The molecule has 1 aliphatic carbocycles. The highest BCUT2D eigenvalue weighted by Crippen LogP contribution is 2.32. The number of carbonyl (C=O) groups is 4. The molecule has 0 aliphatic heterocycles.